The lowest BCUT2D eigenvalue weighted by molar-refractivity contribution is -0.384. The number of rotatable bonds is 7. The zero-order valence-electron chi connectivity index (χ0n) is 14.9. The summed E-state index contributed by atoms with van der Waals surface area (Å²) in [6.45, 7) is 1.90. The number of carbonyl (C=O) groups is 2. The van der Waals surface area contributed by atoms with E-state index in [1.807, 2.05) is 6.92 Å². The van der Waals surface area contributed by atoms with Crippen LogP contribution in [0.4, 0.5) is 11.4 Å². The Hall–Kier alpha value is -3.94. The lowest BCUT2D eigenvalue weighted by atomic mass is 10.1. The summed E-state index contributed by atoms with van der Waals surface area (Å²) in [6.07, 6.45) is 0.261. The number of nitrogens with zero attached hydrogens (tertiary/aromatic N) is 1. The topological polar surface area (TPSA) is 114 Å². The molecule has 0 aliphatic rings. The molecular weight excluding hydrogens is 362 g/mol. The van der Waals surface area contributed by atoms with Crippen LogP contribution < -0.4 is 10.6 Å². The molecule has 3 aromatic rings. The van der Waals surface area contributed by atoms with E-state index in [4.69, 9.17) is 4.42 Å². The molecule has 28 heavy (non-hydrogen) atoms. The Morgan fingerprint density at radius 2 is 1.71 bits per heavy atom. The van der Waals surface area contributed by atoms with Crippen molar-refractivity contribution in [3.05, 3.63) is 93.9 Å². The number of furan rings is 1. The fourth-order valence-corrected chi connectivity index (χ4v) is 2.51. The van der Waals surface area contributed by atoms with Gasteiger partial charge in [0.2, 0.25) is 5.78 Å². The number of nitro groups is 1. The second kappa shape index (κ2) is 8.17. The van der Waals surface area contributed by atoms with E-state index in [1.54, 1.807) is 30.3 Å². The van der Waals surface area contributed by atoms with E-state index in [-0.39, 0.29) is 17.2 Å². The van der Waals surface area contributed by atoms with E-state index in [9.17, 15) is 19.7 Å². The molecule has 0 spiro atoms. The summed E-state index contributed by atoms with van der Waals surface area (Å²) in [7, 11) is 0. The molecule has 142 valence electrons. The molecule has 1 aromatic heterocycles. The molecule has 0 fully saturated rings. The Morgan fingerprint density at radius 1 is 1.04 bits per heavy atom. The average molecular weight is 379 g/mol. The van der Waals surface area contributed by atoms with Crippen LogP contribution in [0.25, 0.3) is 0 Å². The Morgan fingerprint density at radius 3 is 2.29 bits per heavy atom. The number of anilines is 1. The van der Waals surface area contributed by atoms with Crippen molar-refractivity contribution in [3.63, 3.8) is 0 Å². The summed E-state index contributed by atoms with van der Waals surface area (Å²) in [5, 5.41) is 16.3. The van der Waals surface area contributed by atoms with Crippen molar-refractivity contribution in [2.45, 2.75) is 13.1 Å². The minimum atomic E-state index is -1.10. The molecule has 0 unspecified atom stereocenters. The number of nitrogens with one attached hydrogen (secondary N) is 2. The number of Topliss-reactive ketones (excluding diaryl/α,β-unsaturated/α-hetero) is 1. The van der Waals surface area contributed by atoms with Gasteiger partial charge in [0.1, 0.15) is 0 Å². The van der Waals surface area contributed by atoms with Crippen molar-refractivity contribution in [1.82, 2.24) is 5.32 Å². The van der Waals surface area contributed by atoms with Gasteiger partial charge in [-0.2, -0.15) is 0 Å². The van der Waals surface area contributed by atoms with E-state index in [0.717, 1.165) is 5.56 Å². The fourth-order valence-electron chi connectivity index (χ4n) is 2.51. The van der Waals surface area contributed by atoms with Gasteiger partial charge in [-0.05, 0) is 31.2 Å². The number of hydrogen-bond acceptors (Lipinski definition) is 6. The highest BCUT2D eigenvalue weighted by molar-refractivity contribution is 6.04. The molecule has 8 heteroatoms. The predicted molar refractivity (Wildman–Crippen MR) is 102 cm³/mol. The fraction of sp³-hybridized carbons (Fsp3) is 0.100. The molecule has 8 nitrogen and oxygen atoms in total. The third kappa shape index (κ3) is 4.42. The standard InChI is InChI=1S/C20H17N3O5/c1-13-4-6-14(7-5-13)18(24)19(22-20(25)17-3-2-12-28-17)21-15-8-10-16(11-9-15)23(26)27/h2-12,19,21H,1H3,(H,22,25)/t19-/m1/s1. The van der Waals surface area contributed by atoms with Gasteiger partial charge in [0, 0.05) is 23.4 Å². The van der Waals surface area contributed by atoms with Gasteiger partial charge in [0.05, 0.1) is 11.2 Å². The highest BCUT2D eigenvalue weighted by atomic mass is 16.6. The molecule has 0 saturated heterocycles. The molecular formula is C20H17N3O5. The Labute approximate surface area is 160 Å². The van der Waals surface area contributed by atoms with Crippen LogP contribution >= 0.6 is 0 Å². The zero-order chi connectivity index (χ0) is 20.1. The number of carbonyl (C=O) groups excluding carboxylic acids is 2. The first-order valence-corrected chi connectivity index (χ1v) is 8.40. The zero-order valence-corrected chi connectivity index (χ0v) is 14.9. The first-order valence-electron chi connectivity index (χ1n) is 8.40. The molecule has 3 rings (SSSR count). The summed E-state index contributed by atoms with van der Waals surface area (Å²) in [5.74, 6) is -0.865. The predicted octanol–water partition coefficient (Wildman–Crippen LogP) is 3.55. The van der Waals surface area contributed by atoms with Gasteiger partial charge in [0.15, 0.2) is 11.9 Å². The first-order chi connectivity index (χ1) is 13.4. The van der Waals surface area contributed by atoms with Gasteiger partial charge >= 0.3 is 0 Å². The molecule has 0 bridgehead atoms. The molecule has 2 N–H and O–H groups in total. The number of nitro benzene ring substituents is 1. The molecule has 0 aliphatic heterocycles. The summed E-state index contributed by atoms with van der Waals surface area (Å²) >= 11 is 0. The SMILES string of the molecule is Cc1ccc(C(=O)[C@@H](NC(=O)c2ccco2)Nc2ccc([N+](=O)[O-])cc2)cc1. The van der Waals surface area contributed by atoms with Crippen molar-refractivity contribution in [2.75, 3.05) is 5.32 Å². The minimum absolute atomic E-state index is 0.0622. The molecule has 1 atom stereocenters. The second-order valence-corrected chi connectivity index (χ2v) is 6.06. The van der Waals surface area contributed by atoms with Gasteiger partial charge < -0.3 is 15.1 Å². The largest absolute Gasteiger partial charge is 0.459 e. The van der Waals surface area contributed by atoms with Crippen molar-refractivity contribution >= 4 is 23.1 Å². The molecule has 0 radical (unpaired) electrons. The van der Waals surface area contributed by atoms with Crippen LogP contribution in [-0.4, -0.2) is 22.8 Å². The smallest absolute Gasteiger partial charge is 0.288 e. The van der Waals surface area contributed by atoms with Crippen LogP contribution in [0, 0.1) is 17.0 Å². The number of ketones is 1. The van der Waals surface area contributed by atoms with Crippen LogP contribution in [0.1, 0.15) is 26.5 Å². The van der Waals surface area contributed by atoms with Crippen LogP contribution in [0.5, 0.6) is 0 Å². The number of non-ortho nitro benzene ring substituents is 1. The van der Waals surface area contributed by atoms with E-state index in [0.29, 0.717) is 11.3 Å². The minimum Gasteiger partial charge on any atom is -0.459 e. The molecule has 2 aromatic carbocycles. The lowest BCUT2D eigenvalue weighted by Crippen LogP contribution is -2.46. The lowest BCUT2D eigenvalue weighted by Gasteiger charge is -2.20. The van der Waals surface area contributed by atoms with Crippen molar-refractivity contribution in [3.8, 4) is 0 Å². The normalized spacial score (nSPS) is 11.5. The van der Waals surface area contributed by atoms with E-state index < -0.39 is 17.0 Å². The van der Waals surface area contributed by atoms with Crippen molar-refractivity contribution in [2.24, 2.45) is 0 Å². The van der Waals surface area contributed by atoms with E-state index >= 15 is 0 Å². The van der Waals surface area contributed by atoms with Gasteiger partial charge in [-0.25, -0.2) is 0 Å². The summed E-state index contributed by atoms with van der Waals surface area (Å²) < 4.78 is 5.06. The monoisotopic (exact) mass is 379 g/mol. The third-order valence-corrected chi connectivity index (χ3v) is 4.01. The van der Waals surface area contributed by atoms with Crippen molar-refractivity contribution < 1.29 is 18.9 Å². The number of hydrogen-bond donors (Lipinski definition) is 2. The van der Waals surface area contributed by atoms with E-state index in [2.05, 4.69) is 10.6 Å². The van der Waals surface area contributed by atoms with Gasteiger partial charge in [-0.15, -0.1) is 0 Å². The van der Waals surface area contributed by atoms with Crippen LogP contribution in [0.2, 0.25) is 0 Å². The molecule has 0 saturated carbocycles. The second-order valence-electron chi connectivity index (χ2n) is 6.06. The third-order valence-electron chi connectivity index (χ3n) is 4.01. The first kappa shape index (κ1) is 18.8. The summed E-state index contributed by atoms with van der Waals surface area (Å²) in [6, 6.07) is 15.5. The van der Waals surface area contributed by atoms with Gasteiger partial charge in [0.25, 0.3) is 11.6 Å². The van der Waals surface area contributed by atoms with Gasteiger partial charge in [-0.3, -0.25) is 19.7 Å². The summed E-state index contributed by atoms with van der Waals surface area (Å²) in [5.41, 5.74) is 1.77. The highest BCUT2D eigenvalue weighted by Gasteiger charge is 2.24. The molecule has 1 amide bonds. The Bertz CT molecular complexity index is 980. The van der Waals surface area contributed by atoms with Gasteiger partial charge in [-0.1, -0.05) is 29.8 Å². The average Bonchev–Trinajstić information content (AvgIpc) is 3.23. The quantitative estimate of drug-likeness (QED) is 0.281. The number of aryl methyl sites for hydroxylation is 1. The number of amides is 1. The van der Waals surface area contributed by atoms with Crippen LogP contribution in [-0.2, 0) is 0 Å². The van der Waals surface area contributed by atoms with E-state index in [1.165, 1.54) is 36.6 Å². The Kier molecular flexibility index (Phi) is 5.50. The maximum absolute atomic E-state index is 12.9. The molecule has 1 heterocycles. The maximum atomic E-state index is 12.9. The summed E-state index contributed by atoms with van der Waals surface area (Å²) in [4.78, 5) is 35.6. The van der Waals surface area contributed by atoms with Crippen molar-refractivity contribution in [1.29, 1.82) is 0 Å². The Balaban J connectivity index is 1.84. The maximum Gasteiger partial charge on any atom is 0.288 e. The molecule has 0 aliphatic carbocycles. The highest BCUT2D eigenvalue weighted by Crippen LogP contribution is 2.17. The number of benzene rings is 2. The van der Waals surface area contributed by atoms with Crippen LogP contribution in [0.15, 0.2) is 71.3 Å². The van der Waals surface area contributed by atoms with Crippen LogP contribution in [0.3, 0.4) is 0 Å².